The number of aliphatic carboxylic acids is 1. The summed E-state index contributed by atoms with van der Waals surface area (Å²) in [5.41, 5.74) is 0. The van der Waals surface area contributed by atoms with Gasteiger partial charge >= 0.3 is 5.97 Å². The van der Waals surface area contributed by atoms with Crippen molar-refractivity contribution < 1.29 is 14.6 Å². The Bertz CT molecular complexity index is 141. The maximum Gasteiger partial charge on any atom is 0.370 e. The fourth-order valence-corrected chi connectivity index (χ4v) is 0.567. The second-order valence-corrected chi connectivity index (χ2v) is 1.51. The Labute approximate surface area is 75.0 Å². The molecule has 0 fully saturated rings. The minimum absolute atomic E-state index is 0. The van der Waals surface area contributed by atoms with Gasteiger partial charge in [0.2, 0.25) is 5.76 Å². The molecule has 0 saturated heterocycles. The predicted molar refractivity (Wildman–Crippen MR) is 32.0 cm³/mol. The Balaban J connectivity index is 0.000000640. The first-order valence-corrected chi connectivity index (χ1v) is 2.37. The fraction of sp³-hybridized carbons (Fsp3) is 0.400. The quantitative estimate of drug-likeness (QED) is 0.517. The smallest absolute Gasteiger partial charge is 0.370 e. The molecule has 45 valence electrons. The molecule has 0 bridgehead atoms. The Hall–Kier alpha value is 0.0100. The summed E-state index contributed by atoms with van der Waals surface area (Å²) in [7, 11) is 0. The monoisotopic (exact) mass is 137 g/mol. The molecule has 0 atom stereocenters. The first kappa shape index (κ1) is 9.01. The number of carboxylic acid groups (broad SMARTS) is 1. The maximum absolute atomic E-state index is 10.0. The molecule has 4 heteroatoms. The molecule has 0 aliphatic carbocycles. The minimum Gasteiger partial charge on any atom is -0.486 e. The van der Waals surface area contributed by atoms with Gasteiger partial charge in [-0.15, -0.1) is 0 Å². The largest absolute Gasteiger partial charge is 0.486 e. The van der Waals surface area contributed by atoms with Gasteiger partial charge < -0.3 is 9.84 Å². The number of carbonyl (C=O) groups is 1. The maximum atomic E-state index is 10.0. The number of hydrogen-bond acceptors (Lipinski definition) is 2. The first-order chi connectivity index (χ1) is 3.80. The molecule has 0 saturated carbocycles. The van der Waals surface area contributed by atoms with E-state index >= 15 is 0 Å². The van der Waals surface area contributed by atoms with Crippen molar-refractivity contribution in [1.29, 1.82) is 0 Å². The van der Waals surface area contributed by atoms with Crippen LogP contribution in [0, 0.1) is 0 Å². The van der Waals surface area contributed by atoms with Gasteiger partial charge in [-0.2, -0.15) is 0 Å². The fourth-order valence-electron chi connectivity index (χ4n) is 0.567. The van der Waals surface area contributed by atoms with Crippen LogP contribution < -0.4 is 0 Å². The van der Waals surface area contributed by atoms with E-state index in [9.17, 15) is 4.79 Å². The summed E-state index contributed by atoms with van der Waals surface area (Å²) >= 11 is 0. The Morgan fingerprint density at radius 3 is 2.67 bits per heavy atom. The van der Waals surface area contributed by atoms with Crippen molar-refractivity contribution >= 4 is 35.5 Å². The van der Waals surface area contributed by atoms with Crippen LogP contribution in [0.1, 0.15) is 6.42 Å². The van der Waals surface area contributed by atoms with Gasteiger partial charge in [0.1, 0.15) is 0 Å². The van der Waals surface area contributed by atoms with E-state index in [-0.39, 0.29) is 35.3 Å². The van der Waals surface area contributed by atoms with Crippen LogP contribution in [0.25, 0.3) is 0 Å². The third-order valence-corrected chi connectivity index (χ3v) is 0.916. The zero-order valence-electron chi connectivity index (χ0n) is 5.26. The second-order valence-electron chi connectivity index (χ2n) is 1.51. The molecule has 1 aliphatic heterocycles. The van der Waals surface area contributed by atoms with Gasteiger partial charge in [-0.1, -0.05) is 0 Å². The number of rotatable bonds is 1. The summed E-state index contributed by atoms with van der Waals surface area (Å²) in [6.45, 7) is 0.516. The molecule has 1 radical (unpaired) electrons. The molecule has 9 heavy (non-hydrogen) atoms. The molecule has 1 N–H and O–H groups in total. The van der Waals surface area contributed by atoms with Gasteiger partial charge in [-0.05, 0) is 6.08 Å². The molecule has 0 aromatic heterocycles. The summed E-state index contributed by atoms with van der Waals surface area (Å²) < 4.78 is 4.68. The second kappa shape index (κ2) is 3.93. The third kappa shape index (κ3) is 2.39. The van der Waals surface area contributed by atoms with E-state index in [2.05, 4.69) is 4.74 Å². The van der Waals surface area contributed by atoms with Gasteiger partial charge in [0, 0.05) is 36.0 Å². The van der Waals surface area contributed by atoms with Gasteiger partial charge in [0.15, 0.2) is 0 Å². The molecule has 0 amide bonds. The van der Waals surface area contributed by atoms with Crippen molar-refractivity contribution in [2.45, 2.75) is 6.42 Å². The SMILES string of the molecule is O=C(O)C1=CCCO1.[Na]. The molecule has 0 unspecified atom stereocenters. The van der Waals surface area contributed by atoms with Gasteiger partial charge in [0.25, 0.3) is 0 Å². The van der Waals surface area contributed by atoms with Gasteiger partial charge in [0.05, 0.1) is 6.61 Å². The average Bonchev–Trinajstić information content (AvgIpc) is 2.12. The van der Waals surface area contributed by atoms with Crippen molar-refractivity contribution in [1.82, 2.24) is 0 Å². The van der Waals surface area contributed by atoms with E-state index in [1.165, 1.54) is 0 Å². The Morgan fingerprint density at radius 1 is 1.78 bits per heavy atom. The molecule has 0 aromatic rings. The van der Waals surface area contributed by atoms with Gasteiger partial charge in [-0.25, -0.2) is 4.79 Å². The summed E-state index contributed by atoms with van der Waals surface area (Å²) in [6, 6.07) is 0. The summed E-state index contributed by atoms with van der Waals surface area (Å²) in [6.07, 6.45) is 2.30. The van der Waals surface area contributed by atoms with Crippen LogP contribution in [0.15, 0.2) is 11.8 Å². The standard InChI is InChI=1S/C5H6O3.Na/c6-5(7)4-2-1-3-8-4;/h2H,1,3H2,(H,6,7);. The molecular formula is C5H6NaO3. The van der Waals surface area contributed by atoms with Crippen molar-refractivity contribution in [2.75, 3.05) is 6.61 Å². The Morgan fingerprint density at radius 2 is 2.44 bits per heavy atom. The minimum atomic E-state index is -0.970. The van der Waals surface area contributed by atoms with Crippen LogP contribution in [0.5, 0.6) is 0 Å². The molecular weight excluding hydrogens is 131 g/mol. The molecule has 1 aliphatic rings. The molecule has 1 rings (SSSR count). The summed E-state index contributed by atoms with van der Waals surface area (Å²) in [4.78, 5) is 10.0. The van der Waals surface area contributed by atoms with Gasteiger partial charge in [-0.3, -0.25) is 0 Å². The molecule has 0 spiro atoms. The molecule has 1 heterocycles. The third-order valence-electron chi connectivity index (χ3n) is 0.916. The number of hydrogen-bond donors (Lipinski definition) is 1. The average molecular weight is 137 g/mol. The summed E-state index contributed by atoms with van der Waals surface area (Å²) in [5, 5.41) is 8.22. The number of carboxylic acids is 1. The van der Waals surface area contributed by atoms with Crippen LogP contribution in [-0.2, 0) is 9.53 Å². The van der Waals surface area contributed by atoms with E-state index in [0.717, 1.165) is 6.42 Å². The van der Waals surface area contributed by atoms with Crippen LogP contribution in [0.3, 0.4) is 0 Å². The van der Waals surface area contributed by atoms with E-state index < -0.39 is 5.97 Å². The van der Waals surface area contributed by atoms with Crippen LogP contribution in [-0.4, -0.2) is 47.2 Å². The van der Waals surface area contributed by atoms with Crippen molar-refractivity contribution in [3.8, 4) is 0 Å². The van der Waals surface area contributed by atoms with Crippen molar-refractivity contribution in [3.05, 3.63) is 11.8 Å². The van der Waals surface area contributed by atoms with Crippen LogP contribution in [0.4, 0.5) is 0 Å². The van der Waals surface area contributed by atoms with Crippen LogP contribution >= 0.6 is 0 Å². The first-order valence-electron chi connectivity index (χ1n) is 2.37. The molecule has 3 nitrogen and oxygen atoms in total. The van der Waals surface area contributed by atoms with E-state index in [0.29, 0.717) is 6.61 Å². The van der Waals surface area contributed by atoms with Crippen molar-refractivity contribution in [3.63, 3.8) is 0 Å². The zero-order chi connectivity index (χ0) is 5.98. The van der Waals surface area contributed by atoms with E-state index in [1.807, 2.05) is 0 Å². The van der Waals surface area contributed by atoms with E-state index in [1.54, 1.807) is 6.08 Å². The van der Waals surface area contributed by atoms with Crippen LogP contribution in [0.2, 0.25) is 0 Å². The van der Waals surface area contributed by atoms with Crippen molar-refractivity contribution in [2.24, 2.45) is 0 Å². The zero-order valence-corrected chi connectivity index (χ0v) is 7.26. The molecule has 0 aromatic carbocycles. The Kier molecular flexibility index (Phi) is 3.93. The summed E-state index contributed by atoms with van der Waals surface area (Å²) in [5.74, 6) is -0.882. The normalized spacial score (nSPS) is 15.3. The van der Waals surface area contributed by atoms with E-state index in [4.69, 9.17) is 5.11 Å². The topological polar surface area (TPSA) is 46.5 Å². The predicted octanol–water partition coefficient (Wildman–Crippen LogP) is -0.00560. The number of ether oxygens (including phenoxy) is 1.